The lowest BCUT2D eigenvalue weighted by atomic mass is 9.99. The maximum atomic E-state index is 4.51. The van der Waals surface area contributed by atoms with Gasteiger partial charge in [0.25, 0.3) is 0 Å². The molecule has 1 aromatic heterocycles. The molecule has 96 valence electrons. The van der Waals surface area contributed by atoms with Crippen molar-refractivity contribution in [3.8, 4) is 0 Å². The third-order valence-corrected chi connectivity index (χ3v) is 4.03. The number of anilines is 1. The van der Waals surface area contributed by atoms with Crippen LogP contribution in [0.3, 0.4) is 0 Å². The van der Waals surface area contributed by atoms with Crippen molar-refractivity contribution < 1.29 is 0 Å². The van der Waals surface area contributed by atoms with E-state index in [2.05, 4.69) is 26.5 Å². The number of hydrogen-bond acceptors (Lipinski definition) is 5. The van der Waals surface area contributed by atoms with Crippen LogP contribution in [-0.4, -0.2) is 35.5 Å². The summed E-state index contributed by atoms with van der Waals surface area (Å²) in [5.74, 6) is 1.66. The molecule has 0 aromatic carbocycles. The summed E-state index contributed by atoms with van der Waals surface area (Å²) in [4.78, 5) is 6.91. The zero-order valence-electron chi connectivity index (χ0n) is 10.8. The molecule has 5 heteroatoms. The monoisotopic (exact) mass is 254 g/mol. The number of piperidine rings is 1. The van der Waals surface area contributed by atoms with Gasteiger partial charge in [-0.3, -0.25) is 0 Å². The van der Waals surface area contributed by atoms with Crippen LogP contribution in [-0.2, 0) is 0 Å². The van der Waals surface area contributed by atoms with E-state index in [1.165, 1.54) is 37.3 Å². The maximum Gasteiger partial charge on any atom is 0.205 e. The first kappa shape index (κ1) is 12.8. The van der Waals surface area contributed by atoms with Crippen molar-refractivity contribution in [1.82, 2.24) is 14.7 Å². The molecule has 2 rings (SSSR count). The molecule has 1 saturated heterocycles. The van der Waals surface area contributed by atoms with Crippen LogP contribution in [0.5, 0.6) is 0 Å². The second-order valence-corrected chi connectivity index (χ2v) is 5.51. The first-order valence-corrected chi connectivity index (χ1v) is 7.33. The summed E-state index contributed by atoms with van der Waals surface area (Å²) in [5.41, 5.74) is 0. The van der Waals surface area contributed by atoms with Crippen molar-refractivity contribution in [3.05, 3.63) is 5.82 Å². The molecule has 1 unspecified atom stereocenters. The molecule has 0 radical (unpaired) electrons. The summed E-state index contributed by atoms with van der Waals surface area (Å²) in [6.45, 7) is 8.73. The average molecular weight is 254 g/mol. The van der Waals surface area contributed by atoms with E-state index in [-0.39, 0.29) is 0 Å². The van der Waals surface area contributed by atoms with Crippen molar-refractivity contribution in [2.75, 3.05) is 31.1 Å². The van der Waals surface area contributed by atoms with Crippen LogP contribution in [0.4, 0.5) is 5.13 Å². The van der Waals surface area contributed by atoms with Gasteiger partial charge in [-0.2, -0.15) is 4.37 Å². The van der Waals surface area contributed by atoms with E-state index >= 15 is 0 Å². The summed E-state index contributed by atoms with van der Waals surface area (Å²) in [7, 11) is 0. The Bertz CT molecular complexity index is 333. The maximum absolute atomic E-state index is 4.51. The molecule has 17 heavy (non-hydrogen) atoms. The lowest BCUT2D eigenvalue weighted by Crippen LogP contribution is -2.38. The normalized spacial score (nSPS) is 20.5. The highest BCUT2D eigenvalue weighted by Gasteiger charge is 2.18. The molecule has 1 fully saturated rings. The summed E-state index contributed by atoms with van der Waals surface area (Å²) >= 11 is 1.53. The molecule has 0 spiro atoms. The van der Waals surface area contributed by atoms with Crippen LogP contribution in [0, 0.1) is 12.8 Å². The van der Waals surface area contributed by atoms with Gasteiger partial charge in [-0.15, -0.1) is 0 Å². The van der Waals surface area contributed by atoms with Gasteiger partial charge in [0.2, 0.25) is 5.13 Å². The molecule has 1 aliphatic rings. The summed E-state index contributed by atoms with van der Waals surface area (Å²) in [5, 5.41) is 4.57. The quantitative estimate of drug-likeness (QED) is 0.873. The van der Waals surface area contributed by atoms with Gasteiger partial charge in [0.1, 0.15) is 5.82 Å². The number of rotatable bonds is 5. The molecule has 4 nitrogen and oxygen atoms in total. The molecule has 0 bridgehead atoms. The van der Waals surface area contributed by atoms with Crippen LogP contribution in [0.1, 0.15) is 32.0 Å². The van der Waals surface area contributed by atoms with Crippen LogP contribution in [0.25, 0.3) is 0 Å². The Labute approximate surface area is 108 Å². The van der Waals surface area contributed by atoms with Crippen molar-refractivity contribution in [2.45, 2.75) is 33.1 Å². The van der Waals surface area contributed by atoms with Crippen LogP contribution < -0.4 is 10.2 Å². The van der Waals surface area contributed by atoms with Gasteiger partial charge in [0, 0.05) is 24.6 Å². The smallest absolute Gasteiger partial charge is 0.205 e. The predicted molar refractivity (Wildman–Crippen MR) is 72.7 cm³/mol. The van der Waals surface area contributed by atoms with Gasteiger partial charge in [-0.25, -0.2) is 4.98 Å². The lowest BCUT2D eigenvalue weighted by molar-refractivity contribution is 0.376. The van der Waals surface area contributed by atoms with E-state index in [1.54, 1.807) is 0 Å². The van der Waals surface area contributed by atoms with Gasteiger partial charge in [0.05, 0.1) is 0 Å². The Morgan fingerprint density at radius 3 is 3.00 bits per heavy atom. The van der Waals surface area contributed by atoms with E-state index in [0.29, 0.717) is 0 Å². The fourth-order valence-corrected chi connectivity index (χ4v) is 3.05. The molecule has 1 aromatic rings. The first-order valence-electron chi connectivity index (χ1n) is 6.55. The lowest BCUT2D eigenvalue weighted by Gasteiger charge is -2.29. The topological polar surface area (TPSA) is 41.0 Å². The van der Waals surface area contributed by atoms with Crippen molar-refractivity contribution in [1.29, 1.82) is 0 Å². The zero-order valence-corrected chi connectivity index (χ0v) is 11.6. The largest absolute Gasteiger partial charge is 0.347 e. The highest BCUT2D eigenvalue weighted by atomic mass is 32.1. The third-order valence-electron chi connectivity index (χ3n) is 3.16. The van der Waals surface area contributed by atoms with Crippen LogP contribution in [0.2, 0.25) is 0 Å². The molecule has 0 aliphatic carbocycles. The summed E-state index contributed by atoms with van der Waals surface area (Å²) in [6, 6.07) is 0. The summed E-state index contributed by atoms with van der Waals surface area (Å²) < 4.78 is 4.29. The molecule has 0 saturated carbocycles. The van der Waals surface area contributed by atoms with Crippen LogP contribution in [0.15, 0.2) is 0 Å². The minimum absolute atomic E-state index is 0.763. The molecule has 1 atom stereocenters. The van der Waals surface area contributed by atoms with Crippen molar-refractivity contribution in [3.63, 3.8) is 0 Å². The number of nitrogens with one attached hydrogen (secondary N) is 1. The Hall–Kier alpha value is -0.680. The highest BCUT2D eigenvalue weighted by molar-refractivity contribution is 7.09. The molecular formula is C12H22N4S. The minimum atomic E-state index is 0.763. The zero-order chi connectivity index (χ0) is 12.1. The van der Waals surface area contributed by atoms with E-state index in [4.69, 9.17) is 0 Å². The third kappa shape index (κ3) is 3.64. The van der Waals surface area contributed by atoms with Gasteiger partial charge >= 0.3 is 0 Å². The Morgan fingerprint density at radius 2 is 2.41 bits per heavy atom. The molecular weight excluding hydrogens is 232 g/mol. The second-order valence-electron chi connectivity index (χ2n) is 4.78. The average Bonchev–Trinajstić information content (AvgIpc) is 2.77. The van der Waals surface area contributed by atoms with Crippen molar-refractivity contribution in [2.24, 2.45) is 5.92 Å². The molecule has 0 amide bonds. The Balaban J connectivity index is 1.96. The van der Waals surface area contributed by atoms with E-state index < -0.39 is 0 Å². The van der Waals surface area contributed by atoms with Gasteiger partial charge < -0.3 is 10.2 Å². The van der Waals surface area contributed by atoms with Gasteiger partial charge in [0.15, 0.2) is 0 Å². The fraction of sp³-hybridized carbons (Fsp3) is 0.833. The Morgan fingerprint density at radius 1 is 1.53 bits per heavy atom. The van der Waals surface area contributed by atoms with E-state index in [9.17, 15) is 0 Å². The number of aromatic nitrogens is 2. The molecule has 1 N–H and O–H groups in total. The van der Waals surface area contributed by atoms with Gasteiger partial charge in [-0.05, 0) is 45.2 Å². The minimum Gasteiger partial charge on any atom is -0.347 e. The predicted octanol–water partition coefficient (Wildman–Crippen LogP) is 2.06. The second kappa shape index (κ2) is 6.31. The number of hydrogen-bond donors (Lipinski definition) is 1. The first-order chi connectivity index (χ1) is 8.29. The number of aryl methyl sites for hydroxylation is 1. The molecule has 2 heterocycles. The highest BCUT2D eigenvalue weighted by Crippen LogP contribution is 2.21. The van der Waals surface area contributed by atoms with E-state index in [0.717, 1.165) is 36.5 Å². The standard InChI is InChI=1S/C12H22N4S/c1-3-7-16(12-14-10(2)15-17-12)9-11-5-4-6-13-8-11/h11,13H,3-9H2,1-2H3. The fourth-order valence-electron chi connectivity index (χ4n) is 2.34. The Kier molecular flexibility index (Phi) is 4.74. The van der Waals surface area contributed by atoms with Crippen LogP contribution >= 0.6 is 11.5 Å². The van der Waals surface area contributed by atoms with Crippen molar-refractivity contribution >= 4 is 16.7 Å². The number of nitrogens with zero attached hydrogens (tertiary/aromatic N) is 3. The van der Waals surface area contributed by atoms with Gasteiger partial charge in [-0.1, -0.05) is 6.92 Å². The molecule has 1 aliphatic heterocycles. The SMILES string of the molecule is CCCN(CC1CCCNC1)c1nc(C)ns1. The summed E-state index contributed by atoms with van der Waals surface area (Å²) in [6.07, 6.45) is 3.81. The van der Waals surface area contributed by atoms with E-state index in [1.807, 2.05) is 6.92 Å².